The Bertz CT molecular complexity index is 687. The van der Waals surface area contributed by atoms with Crippen molar-refractivity contribution in [2.45, 2.75) is 38.3 Å². The number of sulfonamides is 1. The molecule has 0 spiro atoms. The predicted molar refractivity (Wildman–Crippen MR) is 79.7 cm³/mol. The summed E-state index contributed by atoms with van der Waals surface area (Å²) in [6, 6.07) is 9.87. The van der Waals surface area contributed by atoms with Gasteiger partial charge in [-0.25, -0.2) is 13.1 Å². The lowest BCUT2D eigenvalue weighted by molar-refractivity contribution is 0.242. The first-order valence-electron chi connectivity index (χ1n) is 6.68. The molecule has 0 unspecified atom stereocenters. The van der Waals surface area contributed by atoms with Crippen LogP contribution in [0.15, 0.2) is 45.7 Å². The van der Waals surface area contributed by atoms with E-state index >= 15 is 0 Å². The molecule has 2 rings (SSSR count). The molecule has 0 atom stereocenters. The molecular formula is C15H19NO4S. The van der Waals surface area contributed by atoms with Crippen molar-refractivity contribution in [3.63, 3.8) is 0 Å². The molecule has 114 valence electrons. The summed E-state index contributed by atoms with van der Waals surface area (Å²) in [5, 5.41) is 0. The zero-order valence-corrected chi connectivity index (χ0v) is 13.1. The average Bonchev–Trinajstić information content (AvgIpc) is 2.82. The molecule has 0 fully saturated rings. The Balaban J connectivity index is 2.05. The second kappa shape index (κ2) is 6.32. The summed E-state index contributed by atoms with van der Waals surface area (Å²) < 4.78 is 37.6. The van der Waals surface area contributed by atoms with E-state index in [-0.39, 0.29) is 17.5 Å². The summed E-state index contributed by atoms with van der Waals surface area (Å²) in [7, 11) is -3.56. The number of hydrogen-bond donors (Lipinski definition) is 1. The zero-order chi connectivity index (χ0) is 15.5. The molecule has 5 nitrogen and oxygen atoms in total. The minimum Gasteiger partial charge on any atom is -0.491 e. The molecule has 0 aliphatic rings. The summed E-state index contributed by atoms with van der Waals surface area (Å²) in [6.07, 6.45) is 0.0489. The van der Waals surface area contributed by atoms with Crippen LogP contribution in [0.1, 0.15) is 25.4 Å². The lowest BCUT2D eigenvalue weighted by atomic mass is 10.3. The number of nitrogens with one attached hydrogen (secondary N) is 1. The molecule has 0 saturated heterocycles. The van der Waals surface area contributed by atoms with Crippen molar-refractivity contribution in [3.8, 4) is 5.75 Å². The van der Waals surface area contributed by atoms with Crippen LogP contribution >= 0.6 is 0 Å². The van der Waals surface area contributed by atoms with Gasteiger partial charge in [-0.1, -0.05) is 0 Å². The molecule has 1 aromatic carbocycles. The van der Waals surface area contributed by atoms with Crippen molar-refractivity contribution >= 4 is 10.0 Å². The van der Waals surface area contributed by atoms with Gasteiger partial charge >= 0.3 is 0 Å². The van der Waals surface area contributed by atoms with Gasteiger partial charge in [-0.3, -0.25) is 0 Å². The third-order valence-electron chi connectivity index (χ3n) is 2.74. The van der Waals surface area contributed by atoms with E-state index in [9.17, 15) is 8.42 Å². The summed E-state index contributed by atoms with van der Waals surface area (Å²) in [5.74, 6) is 1.97. The maximum absolute atomic E-state index is 12.2. The van der Waals surface area contributed by atoms with Crippen LogP contribution in [0.25, 0.3) is 0 Å². The Morgan fingerprint density at radius 1 is 1.14 bits per heavy atom. The summed E-state index contributed by atoms with van der Waals surface area (Å²) in [6.45, 7) is 5.76. The molecule has 1 aromatic heterocycles. The van der Waals surface area contributed by atoms with Crippen LogP contribution in [-0.2, 0) is 16.6 Å². The molecule has 1 N–H and O–H groups in total. The number of ether oxygens (including phenoxy) is 1. The van der Waals surface area contributed by atoms with Crippen LogP contribution in [-0.4, -0.2) is 14.5 Å². The molecule has 0 aliphatic heterocycles. The largest absolute Gasteiger partial charge is 0.491 e. The van der Waals surface area contributed by atoms with Gasteiger partial charge in [0.15, 0.2) is 0 Å². The topological polar surface area (TPSA) is 68.5 Å². The molecule has 0 saturated carbocycles. The highest BCUT2D eigenvalue weighted by molar-refractivity contribution is 7.89. The van der Waals surface area contributed by atoms with E-state index in [4.69, 9.17) is 9.15 Å². The van der Waals surface area contributed by atoms with E-state index in [0.717, 1.165) is 5.76 Å². The Morgan fingerprint density at radius 2 is 1.81 bits per heavy atom. The second-order valence-corrected chi connectivity index (χ2v) is 6.74. The fourth-order valence-electron chi connectivity index (χ4n) is 1.80. The Kier molecular flexibility index (Phi) is 4.69. The monoisotopic (exact) mass is 309 g/mol. The van der Waals surface area contributed by atoms with Gasteiger partial charge < -0.3 is 9.15 Å². The standard InChI is InChI=1S/C15H19NO4S/c1-11(2)19-13-6-8-15(9-7-13)21(17,18)16-10-14-5-4-12(3)20-14/h4-9,11,16H,10H2,1-3H3. The van der Waals surface area contributed by atoms with Crippen molar-refractivity contribution in [1.29, 1.82) is 0 Å². The fraction of sp³-hybridized carbons (Fsp3) is 0.333. The van der Waals surface area contributed by atoms with Crippen molar-refractivity contribution < 1.29 is 17.6 Å². The minimum atomic E-state index is -3.56. The lowest BCUT2D eigenvalue weighted by Gasteiger charge is -2.10. The SMILES string of the molecule is Cc1ccc(CNS(=O)(=O)c2ccc(OC(C)C)cc2)o1. The van der Waals surface area contributed by atoms with Crippen LogP contribution < -0.4 is 9.46 Å². The normalized spacial score (nSPS) is 11.8. The Morgan fingerprint density at radius 3 is 2.33 bits per heavy atom. The van der Waals surface area contributed by atoms with Crippen LogP contribution in [0, 0.1) is 6.92 Å². The summed E-state index contributed by atoms with van der Waals surface area (Å²) in [5.41, 5.74) is 0. The average molecular weight is 309 g/mol. The lowest BCUT2D eigenvalue weighted by Crippen LogP contribution is -2.23. The molecule has 0 radical (unpaired) electrons. The molecule has 0 aliphatic carbocycles. The zero-order valence-electron chi connectivity index (χ0n) is 12.3. The van der Waals surface area contributed by atoms with E-state index in [1.54, 1.807) is 24.3 Å². The first kappa shape index (κ1) is 15.6. The van der Waals surface area contributed by atoms with Gasteiger partial charge in [0, 0.05) is 0 Å². The predicted octanol–water partition coefficient (Wildman–Crippen LogP) is 2.85. The van der Waals surface area contributed by atoms with E-state index in [0.29, 0.717) is 11.5 Å². The Hall–Kier alpha value is -1.79. The first-order chi connectivity index (χ1) is 9.87. The number of furan rings is 1. The fourth-order valence-corrected chi connectivity index (χ4v) is 2.79. The number of benzene rings is 1. The quantitative estimate of drug-likeness (QED) is 0.891. The van der Waals surface area contributed by atoms with Gasteiger partial charge in [-0.15, -0.1) is 0 Å². The molecule has 6 heteroatoms. The minimum absolute atomic E-state index is 0.0489. The van der Waals surface area contributed by atoms with Crippen molar-refractivity contribution in [2.75, 3.05) is 0 Å². The maximum Gasteiger partial charge on any atom is 0.240 e. The highest BCUT2D eigenvalue weighted by Gasteiger charge is 2.14. The molecule has 1 heterocycles. The van der Waals surface area contributed by atoms with Gasteiger partial charge in [0.25, 0.3) is 0 Å². The number of rotatable bonds is 6. The number of aryl methyl sites for hydroxylation is 1. The van der Waals surface area contributed by atoms with Gasteiger partial charge in [0.2, 0.25) is 10.0 Å². The van der Waals surface area contributed by atoms with Crippen molar-refractivity contribution in [3.05, 3.63) is 47.9 Å². The van der Waals surface area contributed by atoms with E-state index in [1.165, 1.54) is 12.1 Å². The Labute approximate surface area is 125 Å². The third kappa shape index (κ3) is 4.34. The summed E-state index contributed by atoms with van der Waals surface area (Å²) in [4.78, 5) is 0.196. The first-order valence-corrected chi connectivity index (χ1v) is 8.17. The van der Waals surface area contributed by atoms with E-state index < -0.39 is 10.0 Å². The van der Waals surface area contributed by atoms with Crippen LogP contribution in [0.2, 0.25) is 0 Å². The molecule has 0 bridgehead atoms. The van der Waals surface area contributed by atoms with Crippen molar-refractivity contribution in [2.24, 2.45) is 0 Å². The molecule has 0 amide bonds. The summed E-state index contributed by atoms with van der Waals surface area (Å²) >= 11 is 0. The maximum atomic E-state index is 12.2. The smallest absolute Gasteiger partial charge is 0.240 e. The number of hydrogen-bond acceptors (Lipinski definition) is 4. The van der Waals surface area contributed by atoms with Crippen LogP contribution in [0.3, 0.4) is 0 Å². The van der Waals surface area contributed by atoms with Gasteiger partial charge in [0.1, 0.15) is 17.3 Å². The van der Waals surface area contributed by atoms with Gasteiger partial charge in [-0.05, 0) is 57.2 Å². The molecule has 2 aromatic rings. The highest BCUT2D eigenvalue weighted by Crippen LogP contribution is 2.17. The van der Waals surface area contributed by atoms with Crippen LogP contribution in [0.4, 0.5) is 0 Å². The van der Waals surface area contributed by atoms with Crippen LogP contribution in [0.5, 0.6) is 5.75 Å². The van der Waals surface area contributed by atoms with E-state index in [2.05, 4.69) is 4.72 Å². The molecular weight excluding hydrogens is 290 g/mol. The van der Waals surface area contributed by atoms with Gasteiger partial charge in [-0.2, -0.15) is 0 Å². The van der Waals surface area contributed by atoms with E-state index in [1.807, 2.05) is 20.8 Å². The van der Waals surface area contributed by atoms with Gasteiger partial charge in [0.05, 0.1) is 17.5 Å². The second-order valence-electron chi connectivity index (χ2n) is 4.97. The van der Waals surface area contributed by atoms with Crippen molar-refractivity contribution in [1.82, 2.24) is 4.72 Å². The molecule has 21 heavy (non-hydrogen) atoms. The highest BCUT2D eigenvalue weighted by atomic mass is 32.2. The third-order valence-corrected chi connectivity index (χ3v) is 4.16.